The third-order valence-corrected chi connectivity index (χ3v) is 5.08. The summed E-state index contributed by atoms with van der Waals surface area (Å²) in [5, 5.41) is 5.78. The highest BCUT2D eigenvalue weighted by atomic mass is 19.1. The van der Waals surface area contributed by atoms with Crippen molar-refractivity contribution in [1.29, 1.82) is 0 Å². The molecular formula is C24H21FN2O5. The molecule has 1 amide bonds. The van der Waals surface area contributed by atoms with Gasteiger partial charge in [-0.2, -0.15) is 5.10 Å². The van der Waals surface area contributed by atoms with E-state index < -0.39 is 24.5 Å². The summed E-state index contributed by atoms with van der Waals surface area (Å²) in [7, 11) is 1.59. The Bertz CT molecular complexity index is 1110. The minimum absolute atomic E-state index is 0.0600. The van der Waals surface area contributed by atoms with Gasteiger partial charge in [-0.3, -0.25) is 9.59 Å². The molecule has 1 unspecified atom stereocenters. The van der Waals surface area contributed by atoms with E-state index in [1.54, 1.807) is 19.2 Å². The van der Waals surface area contributed by atoms with Gasteiger partial charge in [-0.15, -0.1) is 0 Å². The molecule has 2 heterocycles. The Morgan fingerprint density at radius 3 is 2.53 bits per heavy atom. The zero-order valence-electron chi connectivity index (χ0n) is 17.4. The Kier molecular flexibility index (Phi) is 6.30. The SMILES string of the molecule is COc1ccc(C2=NN(C(=O)COC(=O)Cc3ccc(F)cc3)C(c3ccco3)C2)cc1. The van der Waals surface area contributed by atoms with Crippen molar-refractivity contribution in [2.45, 2.75) is 18.9 Å². The molecule has 2 aromatic carbocycles. The standard InChI is InChI=1S/C24H21FN2O5/c1-30-19-10-6-17(7-11-19)20-14-21(22-3-2-12-31-22)27(26-20)23(28)15-32-24(29)13-16-4-8-18(25)9-5-16/h2-12,21H,13-15H2,1H3. The number of hydrogen-bond acceptors (Lipinski definition) is 6. The van der Waals surface area contributed by atoms with E-state index in [4.69, 9.17) is 13.9 Å². The number of halogens is 1. The lowest BCUT2D eigenvalue weighted by molar-refractivity contribution is -0.152. The number of hydrazone groups is 1. The molecule has 0 bridgehead atoms. The molecule has 0 spiro atoms. The van der Waals surface area contributed by atoms with Gasteiger partial charge < -0.3 is 13.9 Å². The zero-order valence-corrected chi connectivity index (χ0v) is 17.4. The molecule has 1 aliphatic heterocycles. The average Bonchev–Trinajstić information content (AvgIpc) is 3.49. The highest BCUT2D eigenvalue weighted by Gasteiger charge is 2.35. The Hall–Kier alpha value is -3.94. The van der Waals surface area contributed by atoms with Crippen LogP contribution >= 0.6 is 0 Å². The molecule has 0 radical (unpaired) electrons. The van der Waals surface area contributed by atoms with Gasteiger partial charge in [-0.05, 0) is 59.7 Å². The van der Waals surface area contributed by atoms with Crippen molar-refractivity contribution in [3.05, 3.63) is 89.6 Å². The summed E-state index contributed by atoms with van der Waals surface area (Å²) in [6.45, 7) is -0.462. The average molecular weight is 436 g/mol. The maximum atomic E-state index is 13.0. The Morgan fingerprint density at radius 2 is 1.88 bits per heavy atom. The molecule has 32 heavy (non-hydrogen) atoms. The fourth-order valence-corrected chi connectivity index (χ4v) is 3.43. The van der Waals surface area contributed by atoms with E-state index in [2.05, 4.69) is 5.10 Å². The fraction of sp³-hybridized carbons (Fsp3) is 0.208. The van der Waals surface area contributed by atoms with Gasteiger partial charge >= 0.3 is 5.97 Å². The van der Waals surface area contributed by atoms with E-state index in [-0.39, 0.29) is 12.2 Å². The second-order valence-electron chi connectivity index (χ2n) is 7.21. The molecule has 1 aliphatic rings. The Labute approximate surface area is 184 Å². The molecule has 0 saturated heterocycles. The zero-order chi connectivity index (χ0) is 22.5. The molecule has 0 fully saturated rings. The number of amides is 1. The molecule has 0 aliphatic carbocycles. The number of methoxy groups -OCH3 is 1. The van der Waals surface area contributed by atoms with Crippen molar-refractivity contribution >= 4 is 17.6 Å². The molecule has 1 atom stereocenters. The van der Waals surface area contributed by atoms with Crippen LogP contribution in [0.5, 0.6) is 5.75 Å². The fourth-order valence-electron chi connectivity index (χ4n) is 3.43. The highest BCUT2D eigenvalue weighted by molar-refractivity contribution is 6.03. The first-order valence-corrected chi connectivity index (χ1v) is 10.0. The molecule has 8 heteroatoms. The first kappa shape index (κ1) is 21.3. The first-order chi connectivity index (χ1) is 15.5. The summed E-state index contributed by atoms with van der Waals surface area (Å²) >= 11 is 0. The summed E-state index contributed by atoms with van der Waals surface area (Å²) < 4.78 is 28.8. The number of carbonyl (C=O) groups is 2. The van der Waals surface area contributed by atoms with Crippen LogP contribution in [0.25, 0.3) is 0 Å². The Morgan fingerprint density at radius 1 is 1.12 bits per heavy atom. The molecule has 4 rings (SSSR count). The van der Waals surface area contributed by atoms with E-state index in [0.717, 1.165) is 11.3 Å². The van der Waals surface area contributed by atoms with Crippen molar-refractivity contribution in [2.24, 2.45) is 5.10 Å². The normalized spacial score (nSPS) is 15.4. The van der Waals surface area contributed by atoms with Crippen molar-refractivity contribution in [1.82, 2.24) is 5.01 Å². The maximum Gasteiger partial charge on any atom is 0.310 e. The van der Waals surface area contributed by atoms with E-state index in [1.807, 2.05) is 24.3 Å². The van der Waals surface area contributed by atoms with Crippen LogP contribution in [0.15, 0.2) is 76.4 Å². The molecule has 7 nitrogen and oxygen atoms in total. The molecule has 0 N–H and O–H groups in total. The largest absolute Gasteiger partial charge is 0.497 e. The predicted molar refractivity (Wildman–Crippen MR) is 114 cm³/mol. The number of carbonyl (C=O) groups excluding carboxylic acids is 2. The highest BCUT2D eigenvalue weighted by Crippen LogP contribution is 2.33. The number of esters is 1. The third kappa shape index (κ3) is 4.85. The van der Waals surface area contributed by atoms with Crippen LogP contribution in [0.1, 0.15) is 29.3 Å². The molecule has 0 saturated carbocycles. The van der Waals surface area contributed by atoms with Gasteiger partial charge in [0.25, 0.3) is 5.91 Å². The van der Waals surface area contributed by atoms with Crippen LogP contribution in [0.2, 0.25) is 0 Å². The minimum atomic E-state index is -0.585. The minimum Gasteiger partial charge on any atom is -0.497 e. The van der Waals surface area contributed by atoms with Crippen LogP contribution in [-0.4, -0.2) is 36.3 Å². The second kappa shape index (κ2) is 9.47. The topological polar surface area (TPSA) is 81.3 Å². The third-order valence-electron chi connectivity index (χ3n) is 5.08. The van der Waals surface area contributed by atoms with Crippen molar-refractivity contribution in [2.75, 3.05) is 13.7 Å². The van der Waals surface area contributed by atoms with Gasteiger partial charge in [0.05, 0.1) is 25.5 Å². The van der Waals surface area contributed by atoms with Gasteiger partial charge in [-0.25, -0.2) is 9.40 Å². The predicted octanol–water partition coefficient (Wildman–Crippen LogP) is 3.89. The lowest BCUT2D eigenvalue weighted by Gasteiger charge is -2.19. The lowest BCUT2D eigenvalue weighted by atomic mass is 10.0. The van der Waals surface area contributed by atoms with Gasteiger partial charge in [0.15, 0.2) is 6.61 Å². The van der Waals surface area contributed by atoms with Gasteiger partial charge in [-0.1, -0.05) is 12.1 Å². The number of benzene rings is 2. The van der Waals surface area contributed by atoms with Crippen LogP contribution < -0.4 is 4.74 Å². The second-order valence-corrected chi connectivity index (χ2v) is 7.21. The molecular weight excluding hydrogens is 415 g/mol. The van der Waals surface area contributed by atoms with Gasteiger partial charge in [0.2, 0.25) is 0 Å². The number of furan rings is 1. The Balaban J connectivity index is 1.45. The van der Waals surface area contributed by atoms with Crippen molar-refractivity contribution < 1.29 is 27.9 Å². The maximum absolute atomic E-state index is 13.0. The lowest BCUT2D eigenvalue weighted by Crippen LogP contribution is -2.31. The monoisotopic (exact) mass is 436 g/mol. The van der Waals surface area contributed by atoms with Gasteiger partial charge in [0, 0.05) is 6.42 Å². The van der Waals surface area contributed by atoms with E-state index in [9.17, 15) is 14.0 Å². The van der Waals surface area contributed by atoms with Crippen LogP contribution in [-0.2, 0) is 20.7 Å². The molecule has 3 aromatic rings. The van der Waals surface area contributed by atoms with E-state index in [0.29, 0.717) is 23.5 Å². The van der Waals surface area contributed by atoms with Crippen molar-refractivity contribution in [3.8, 4) is 5.75 Å². The van der Waals surface area contributed by atoms with E-state index >= 15 is 0 Å². The van der Waals surface area contributed by atoms with Crippen LogP contribution in [0.3, 0.4) is 0 Å². The summed E-state index contributed by atoms with van der Waals surface area (Å²) in [4.78, 5) is 25.0. The van der Waals surface area contributed by atoms with E-state index in [1.165, 1.54) is 35.5 Å². The van der Waals surface area contributed by atoms with Crippen molar-refractivity contribution in [3.63, 3.8) is 0 Å². The molecule has 1 aromatic heterocycles. The van der Waals surface area contributed by atoms with Crippen LogP contribution in [0.4, 0.5) is 4.39 Å². The number of ether oxygens (including phenoxy) is 2. The van der Waals surface area contributed by atoms with Crippen LogP contribution in [0, 0.1) is 5.82 Å². The number of hydrogen-bond donors (Lipinski definition) is 0. The first-order valence-electron chi connectivity index (χ1n) is 10.0. The summed E-state index contributed by atoms with van der Waals surface area (Å²) in [5.41, 5.74) is 2.16. The van der Waals surface area contributed by atoms with Gasteiger partial charge in [0.1, 0.15) is 23.4 Å². The quantitative estimate of drug-likeness (QED) is 0.525. The number of nitrogens with zero attached hydrogens (tertiary/aromatic N) is 2. The smallest absolute Gasteiger partial charge is 0.310 e. The summed E-state index contributed by atoms with van der Waals surface area (Å²) in [6.07, 6.45) is 1.93. The summed E-state index contributed by atoms with van der Waals surface area (Å²) in [5.74, 6) is -0.138. The molecule has 164 valence electrons. The summed E-state index contributed by atoms with van der Waals surface area (Å²) in [6, 6.07) is 16.0. The number of rotatable bonds is 7.